The molecule has 1 aromatic heterocycles. The fourth-order valence-corrected chi connectivity index (χ4v) is 3.72. The summed E-state index contributed by atoms with van der Waals surface area (Å²) in [5, 5.41) is 21.1. The Kier molecular flexibility index (Phi) is 7.70. The average molecular weight is 411 g/mol. The number of nitrogens with zero attached hydrogens (tertiary/aromatic N) is 3. The largest absolute Gasteiger partial charge is 0.481 e. The Labute approximate surface area is 168 Å². The van der Waals surface area contributed by atoms with Gasteiger partial charge in [0.05, 0.1) is 12.5 Å². The van der Waals surface area contributed by atoms with E-state index in [-0.39, 0.29) is 24.2 Å². The SMILES string of the molecule is CCc1ccc(NC(=O)c2nnc(CN3CCC(C(=O)O)CC3)s2)cc1.Cl. The highest BCUT2D eigenvalue weighted by atomic mass is 35.5. The molecule has 7 nitrogen and oxygen atoms in total. The van der Waals surface area contributed by atoms with Crippen molar-refractivity contribution in [2.75, 3.05) is 18.4 Å². The van der Waals surface area contributed by atoms with Crippen molar-refractivity contribution in [2.45, 2.75) is 32.7 Å². The summed E-state index contributed by atoms with van der Waals surface area (Å²) in [5.74, 6) is -1.23. The molecule has 0 atom stereocenters. The van der Waals surface area contributed by atoms with E-state index in [4.69, 9.17) is 5.11 Å². The predicted molar refractivity (Wildman–Crippen MR) is 107 cm³/mol. The highest BCUT2D eigenvalue weighted by Gasteiger charge is 2.25. The second kappa shape index (κ2) is 9.77. The van der Waals surface area contributed by atoms with Crippen LogP contribution in [0.5, 0.6) is 0 Å². The number of aliphatic carboxylic acids is 1. The zero-order valence-corrected chi connectivity index (χ0v) is 16.7. The fraction of sp³-hybridized carbons (Fsp3) is 0.444. The number of carbonyl (C=O) groups is 2. The second-order valence-corrected chi connectivity index (χ2v) is 7.46. The molecular weight excluding hydrogens is 388 g/mol. The summed E-state index contributed by atoms with van der Waals surface area (Å²) < 4.78 is 0. The van der Waals surface area contributed by atoms with E-state index in [0.717, 1.165) is 30.2 Å². The Morgan fingerprint density at radius 3 is 2.48 bits per heavy atom. The maximum absolute atomic E-state index is 12.3. The summed E-state index contributed by atoms with van der Waals surface area (Å²) in [5.41, 5.74) is 1.95. The lowest BCUT2D eigenvalue weighted by molar-refractivity contribution is -0.143. The molecule has 0 radical (unpaired) electrons. The molecule has 0 bridgehead atoms. The Hall–Kier alpha value is -2.03. The first kappa shape index (κ1) is 21.3. The zero-order valence-electron chi connectivity index (χ0n) is 15.1. The number of carboxylic acid groups (broad SMARTS) is 1. The van der Waals surface area contributed by atoms with Crippen molar-refractivity contribution >= 4 is 41.3 Å². The molecule has 0 saturated carbocycles. The first-order valence-electron chi connectivity index (χ1n) is 8.73. The molecule has 1 aromatic carbocycles. The van der Waals surface area contributed by atoms with Gasteiger partial charge >= 0.3 is 5.97 Å². The lowest BCUT2D eigenvalue weighted by atomic mass is 9.97. The number of likely N-dealkylation sites (tertiary alicyclic amines) is 1. The van der Waals surface area contributed by atoms with Crippen molar-refractivity contribution in [3.63, 3.8) is 0 Å². The molecule has 0 unspecified atom stereocenters. The van der Waals surface area contributed by atoms with Crippen molar-refractivity contribution in [3.05, 3.63) is 39.8 Å². The molecule has 0 aliphatic carbocycles. The Morgan fingerprint density at radius 2 is 1.89 bits per heavy atom. The topological polar surface area (TPSA) is 95.4 Å². The minimum Gasteiger partial charge on any atom is -0.481 e. The van der Waals surface area contributed by atoms with Crippen LogP contribution in [0.15, 0.2) is 24.3 Å². The number of carboxylic acids is 1. The summed E-state index contributed by atoms with van der Waals surface area (Å²) in [4.78, 5) is 25.5. The molecule has 9 heteroatoms. The monoisotopic (exact) mass is 410 g/mol. The molecular formula is C18H23ClN4O3S. The summed E-state index contributed by atoms with van der Waals surface area (Å²) >= 11 is 1.28. The highest BCUT2D eigenvalue weighted by molar-refractivity contribution is 7.13. The number of anilines is 1. The number of benzene rings is 1. The van der Waals surface area contributed by atoms with E-state index < -0.39 is 5.97 Å². The normalized spacial score (nSPS) is 15.1. The van der Waals surface area contributed by atoms with E-state index in [9.17, 15) is 9.59 Å². The van der Waals surface area contributed by atoms with E-state index in [1.165, 1.54) is 16.9 Å². The number of carbonyl (C=O) groups excluding carboxylic acids is 1. The van der Waals surface area contributed by atoms with Crippen LogP contribution in [-0.4, -0.2) is 45.2 Å². The van der Waals surface area contributed by atoms with Crippen molar-refractivity contribution < 1.29 is 14.7 Å². The van der Waals surface area contributed by atoms with E-state index >= 15 is 0 Å². The van der Waals surface area contributed by atoms with E-state index in [0.29, 0.717) is 24.4 Å². The van der Waals surface area contributed by atoms with Crippen LogP contribution < -0.4 is 5.32 Å². The highest BCUT2D eigenvalue weighted by Crippen LogP contribution is 2.21. The maximum Gasteiger partial charge on any atom is 0.306 e. The number of aryl methyl sites for hydroxylation is 1. The Morgan fingerprint density at radius 1 is 1.22 bits per heavy atom. The number of piperidine rings is 1. The molecule has 1 aliphatic heterocycles. The molecule has 146 valence electrons. The van der Waals surface area contributed by atoms with Gasteiger partial charge in [-0.1, -0.05) is 30.4 Å². The van der Waals surface area contributed by atoms with Gasteiger partial charge in [0.2, 0.25) is 5.01 Å². The fourth-order valence-electron chi connectivity index (χ4n) is 2.95. The van der Waals surface area contributed by atoms with Crippen LogP contribution in [-0.2, 0) is 17.8 Å². The zero-order chi connectivity index (χ0) is 18.5. The molecule has 1 amide bonds. The summed E-state index contributed by atoms with van der Waals surface area (Å²) in [6, 6.07) is 7.74. The van der Waals surface area contributed by atoms with Gasteiger partial charge in [0.15, 0.2) is 0 Å². The number of nitrogens with one attached hydrogen (secondary N) is 1. The van der Waals surface area contributed by atoms with Gasteiger partial charge < -0.3 is 10.4 Å². The minimum absolute atomic E-state index is 0. The molecule has 2 aromatic rings. The van der Waals surface area contributed by atoms with E-state index in [1.807, 2.05) is 24.3 Å². The number of aromatic nitrogens is 2. The number of amides is 1. The third-order valence-corrected chi connectivity index (χ3v) is 5.48. The van der Waals surface area contributed by atoms with Crippen LogP contribution in [0.4, 0.5) is 5.69 Å². The van der Waals surface area contributed by atoms with Gasteiger partial charge in [-0.2, -0.15) is 0 Å². The molecule has 2 heterocycles. The van der Waals surface area contributed by atoms with Gasteiger partial charge in [0, 0.05) is 5.69 Å². The third-order valence-electron chi connectivity index (χ3n) is 4.58. The van der Waals surface area contributed by atoms with Crippen LogP contribution >= 0.6 is 23.7 Å². The van der Waals surface area contributed by atoms with Gasteiger partial charge in [0.25, 0.3) is 5.91 Å². The quantitative estimate of drug-likeness (QED) is 0.759. The van der Waals surface area contributed by atoms with Crippen LogP contribution in [0.25, 0.3) is 0 Å². The number of hydrogen-bond donors (Lipinski definition) is 2. The Bertz CT molecular complexity index is 773. The van der Waals surface area contributed by atoms with Crippen LogP contribution in [0, 0.1) is 5.92 Å². The number of rotatable bonds is 6. The standard InChI is InChI=1S/C18H22N4O3S.ClH/c1-2-12-3-5-14(6-4-12)19-16(23)17-21-20-15(26-17)11-22-9-7-13(8-10-22)18(24)25;/h3-6,13H,2,7-11H2,1H3,(H,19,23)(H,24,25);1H. The summed E-state index contributed by atoms with van der Waals surface area (Å²) in [7, 11) is 0. The molecule has 1 aliphatic rings. The van der Waals surface area contributed by atoms with Crippen LogP contribution in [0.1, 0.15) is 40.1 Å². The van der Waals surface area contributed by atoms with Crippen molar-refractivity contribution in [3.8, 4) is 0 Å². The maximum atomic E-state index is 12.3. The van der Waals surface area contributed by atoms with E-state index in [2.05, 4.69) is 27.3 Å². The van der Waals surface area contributed by atoms with Gasteiger partial charge in [-0.05, 0) is 50.0 Å². The first-order valence-corrected chi connectivity index (χ1v) is 9.54. The smallest absolute Gasteiger partial charge is 0.306 e. The summed E-state index contributed by atoms with van der Waals surface area (Å²) in [6.45, 7) is 4.13. The second-order valence-electron chi connectivity index (χ2n) is 6.39. The Balaban J connectivity index is 0.00000261. The third kappa shape index (κ3) is 5.72. The molecule has 1 saturated heterocycles. The van der Waals surface area contributed by atoms with Crippen LogP contribution in [0.2, 0.25) is 0 Å². The lowest BCUT2D eigenvalue weighted by Crippen LogP contribution is -2.35. The van der Waals surface area contributed by atoms with Gasteiger partial charge in [-0.25, -0.2) is 0 Å². The number of halogens is 1. The van der Waals surface area contributed by atoms with Crippen molar-refractivity contribution in [2.24, 2.45) is 5.92 Å². The molecule has 2 N–H and O–H groups in total. The molecule has 27 heavy (non-hydrogen) atoms. The van der Waals surface area contributed by atoms with Crippen molar-refractivity contribution in [1.82, 2.24) is 15.1 Å². The van der Waals surface area contributed by atoms with Crippen molar-refractivity contribution in [1.29, 1.82) is 0 Å². The lowest BCUT2D eigenvalue weighted by Gasteiger charge is -2.28. The van der Waals surface area contributed by atoms with E-state index in [1.54, 1.807) is 0 Å². The first-order chi connectivity index (χ1) is 12.5. The molecule has 0 spiro atoms. The van der Waals surface area contributed by atoms with Crippen LogP contribution in [0.3, 0.4) is 0 Å². The van der Waals surface area contributed by atoms with Gasteiger partial charge in [0.1, 0.15) is 5.01 Å². The predicted octanol–water partition coefficient (Wildman–Crippen LogP) is 3.07. The van der Waals surface area contributed by atoms with Gasteiger partial charge in [-0.15, -0.1) is 22.6 Å². The number of hydrogen-bond acceptors (Lipinski definition) is 6. The molecule has 3 rings (SSSR count). The summed E-state index contributed by atoms with van der Waals surface area (Å²) in [6.07, 6.45) is 2.25. The minimum atomic E-state index is -0.716. The van der Waals surface area contributed by atoms with Gasteiger partial charge in [-0.3, -0.25) is 14.5 Å². The molecule has 1 fully saturated rings. The average Bonchev–Trinajstić information content (AvgIpc) is 3.11.